The van der Waals surface area contributed by atoms with Gasteiger partial charge >= 0.3 is 0 Å². The molecule has 3 heteroatoms. The molecule has 0 saturated heterocycles. The third-order valence-electron chi connectivity index (χ3n) is 1.44. The fraction of sp³-hybridized carbons (Fsp3) is 0.200. The van der Waals surface area contributed by atoms with Gasteiger partial charge in [0.15, 0.2) is 0 Å². The molecule has 0 aromatic carbocycles. The van der Waals surface area contributed by atoms with Gasteiger partial charge in [0.05, 0.1) is 0 Å². The SMILES string of the molecule is CN(C)/C=C/C(=O)c1ccccn1. The Bertz CT molecular complexity index is 304. The van der Waals surface area contributed by atoms with Gasteiger partial charge in [0, 0.05) is 32.6 Å². The zero-order valence-corrected chi connectivity index (χ0v) is 7.77. The summed E-state index contributed by atoms with van der Waals surface area (Å²) in [6, 6.07) is 5.28. The minimum absolute atomic E-state index is 0.0747. The van der Waals surface area contributed by atoms with Gasteiger partial charge in [-0.05, 0) is 12.1 Å². The van der Waals surface area contributed by atoms with Crippen LogP contribution in [0.2, 0.25) is 0 Å². The molecule has 0 aliphatic rings. The highest BCUT2D eigenvalue weighted by Gasteiger charge is 2.00. The van der Waals surface area contributed by atoms with Crippen molar-refractivity contribution in [2.75, 3.05) is 14.1 Å². The van der Waals surface area contributed by atoms with Crippen molar-refractivity contribution >= 4 is 5.78 Å². The van der Waals surface area contributed by atoms with Crippen LogP contribution in [-0.2, 0) is 0 Å². The molecule has 1 rings (SSSR count). The first kappa shape index (κ1) is 9.45. The number of rotatable bonds is 3. The lowest BCUT2D eigenvalue weighted by Crippen LogP contribution is -2.03. The highest BCUT2D eigenvalue weighted by atomic mass is 16.1. The Kier molecular flexibility index (Phi) is 3.20. The molecule has 0 spiro atoms. The van der Waals surface area contributed by atoms with Crippen LogP contribution in [0.3, 0.4) is 0 Å². The number of aromatic nitrogens is 1. The lowest BCUT2D eigenvalue weighted by atomic mass is 10.2. The molecule has 0 atom stereocenters. The average molecular weight is 176 g/mol. The van der Waals surface area contributed by atoms with Crippen molar-refractivity contribution in [3.63, 3.8) is 0 Å². The molecule has 0 radical (unpaired) electrons. The monoisotopic (exact) mass is 176 g/mol. The third-order valence-corrected chi connectivity index (χ3v) is 1.44. The van der Waals surface area contributed by atoms with Crippen molar-refractivity contribution in [2.45, 2.75) is 0 Å². The number of allylic oxidation sites excluding steroid dienone is 1. The van der Waals surface area contributed by atoms with Crippen LogP contribution in [0.15, 0.2) is 36.7 Å². The normalized spacial score (nSPS) is 10.3. The predicted molar refractivity (Wildman–Crippen MR) is 51.4 cm³/mol. The van der Waals surface area contributed by atoms with Crippen LogP contribution in [-0.4, -0.2) is 29.8 Å². The highest BCUT2D eigenvalue weighted by Crippen LogP contribution is 1.96. The summed E-state index contributed by atoms with van der Waals surface area (Å²) in [6.07, 6.45) is 4.82. The summed E-state index contributed by atoms with van der Waals surface area (Å²) in [4.78, 5) is 17.1. The minimum Gasteiger partial charge on any atom is -0.383 e. The van der Waals surface area contributed by atoms with Gasteiger partial charge in [0.25, 0.3) is 0 Å². The molecule has 1 heterocycles. The number of pyridine rings is 1. The standard InChI is InChI=1S/C10H12N2O/c1-12(2)8-6-10(13)9-5-3-4-7-11-9/h3-8H,1-2H3/b8-6+. The maximum Gasteiger partial charge on any atom is 0.205 e. The van der Waals surface area contributed by atoms with E-state index in [1.54, 1.807) is 35.5 Å². The third kappa shape index (κ3) is 3.07. The molecular weight excluding hydrogens is 164 g/mol. The van der Waals surface area contributed by atoms with Crippen LogP contribution in [0.4, 0.5) is 0 Å². The van der Waals surface area contributed by atoms with Crippen LogP contribution in [0.5, 0.6) is 0 Å². The molecule has 0 bridgehead atoms. The van der Waals surface area contributed by atoms with E-state index in [0.29, 0.717) is 5.69 Å². The second-order valence-corrected chi connectivity index (χ2v) is 2.86. The van der Waals surface area contributed by atoms with Crippen LogP contribution in [0.25, 0.3) is 0 Å². The Hall–Kier alpha value is -1.64. The Morgan fingerprint density at radius 1 is 1.46 bits per heavy atom. The van der Waals surface area contributed by atoms with E-state index in [9.17, 15) is 4.79 Å². The van der Waals surface area contributed by atoms with Gasteiger partial charge in [-0.2, -0.15) is 0 Å². The smallest absolute Gasteiger partial charge is 0.205 e. The number of carbonyl (C=O) groups is 1. The second kappa shape index (κ2) is 4.40. The molecule has 13 heavy (non-hydrogen) atoms. The predicted octanol–water partition coefficient (Wildman–Crippen LogP) is 1.34. The number of hydrogen-bond acceptors (Lipinski definition) is 3. The number of nitrogens with zero attached hydrogens (tertiary/aromatic N) is 2. The molecule has 0 aliphatic heterocycles. The van der Waals surface area contributed by atoms with Crippen molar-refractivity contribution in [1.82, 2.24) is 9.88 Å². The average Bonchev–Trinajstić information content (AvgIpc) is 2.15. The minimum atomic E-state index is -0.0747. The Labute approximate surface area is 77.7 Å². The molecule has 0 fully saturated rings. The molecular formula is C10H12N2O. The topological polar surface area (TPSA) is 33.2 Å². The van der Waals surface area contributed by atoms with Crippen LogP contribution >= 0.6 is 0 Å². The van der Waals surface area contributed by atoms with Gasteiger partial charge in [-0.15, -0.1) is 0 Å². The maximum absolute atomic E-state index is 11.4. The van der Waals surface area contributed by atoms with Crippen molar-refractivity contribution < 1.29 is 4.79 Å². The largest absolute Gasteiger partial charge is 0.383 e. The van der Waals surface area contributed by atoms with Crippen molar-refractivity contribution in [2.24, 2.45) is 0 Å². The van der Waals surface area contributed by atoms with E-state index in [0.717, 1.165) is 0 Å². The Morgan fingerprint density at radius 3 is 2.77 bits per heavy atom. The van der Waals surface area contributed by atoms with E-state index in [1.807, 2.05) is 14.1 Å². The molecule has 3 nitrogen and oxygen atoms in total. The maximum atomic E-state index is 11.4. The molecule has 0 unspecified atom stereocenters. The summed E-state index contributed by atoms with van der Waals surface area (Å²) >= 11 is 0. The molecule has 0 amide bonds. The summed E-state index contributed by atoms with van der Waals surface area (Å²) in [6.45, 7) is 0. The van der Waals surface area contributed by atoms with E-state index in [1.165, 1.54) is 6.08 Å². The molecule has 0 saturated carbocycles. The summed E-state index contributed by atoms with van der Waals surface area (Å²) in [5, 5.41) is 0. The van der Waals surface area contributed by atoms with Crippen LogP contribution in [0.1, 0.15) is 10.5 Å². The first-order chi connectivity index (χ1) is 6.20. The van der Waals surface area contributed by atoms with Crippen molar-refractivity contribution in [1.29, 1.82) is 0 Å². The van der Waals surface area contributed by atoms with Gasteiger partial charge < -0.3 is 4.90 Å². The summed E-state index contributed by atoms with van der Waals surface area (Å²) in [5.41, 5.74) is 0.473. The molecule has 1 aromatic heterocycles. The lowest BCUT2D eigenvalue weighted by molar-refractivity contribution is 0.104. The van der Waals surface area contributed by atoms with E-state index >= 15 is 0 Å². The van der Waals surface area contributed by atoms with E-state index in [-0.39, 0.29) is 5.78 Å². The fourth-order valence-corrected chi connectivity index (χ4v) is 0.811. The van der Waals surface area contributed by atoms with Crippen molar-refractivity contribution in [3.8, 4) is 0 Å². The fourth-order valence-electron chi connectivity index (χ4n) is 0.811. The molecule has 0 aliphatic carbocycles. The Balaban J connectivity index is 2.70. The zero-order chi connectivity index (χ0) is 9.68. The van der Waals surface area contributed by atoms with E-state index in [2.05, 4.69) is 4.98 Å². The van der Waals surface area contributed by atoms with Crippen LogP contribution < -0.4 is 0 Å². The van der Waals surface area contributed by atoms with Gasteiger partial charge in [0.1, 0.15) is 5.69 Å². The van der Waals surface area contributed by atoms with Crippen LogP contribution in [0, 0.1) is 0 Å². The molecule has 0 N–H and O–H groups in total. The summed E-state index contributed by atoms with van der Waals surface area (Å²) < 4.78 is 0. The highest BCUT2D eigenvalue weighted by molar-refractivity contribution is 6.02. The van der Waals surface area contributed by atoms with Crippen molar-refractivity contribution in [3.05, 3.63) is 42.4 Å². The van der Waals surface area contributed by atoms with Gasteiger partial charge in [-0.25, -0.2) is 0 Å². The Morgan fingerprint density at radius 2 is 2.23 bits per heavy atom. The number of carbonyl (C=O) groups excluding carboxylic acids is 1. The summed E-state index contributed by atoms with van der Waals surface area (Å²) in [5.74, 6) is -0.0747. The second-order valence-electron chi connectivity index (χ2n) is 2.86. The molecule has 1 aromatic rings. The van der Waals surface area contributed by atoms with E-state index < -0.39 is 0 Å². The van der Waals surface area contributed by atoms with Gasteiger partial charge in [-0.1, -0.05) is 6.07 Å². The molecule has 68 valence electrons. The lowest BCUT2D eigenvalue weighted by Gasteiger charge is -2.02. The number of ketones is 1. The first-order valence-corrected chi connectivity index (χ1v) is 4.00. The zero-order valence-electron chi connectivity index (χ0n) is 7.77. The van der Waals surface area contributed by atoms with Gasteiger partial charge in [-0.3, -0.25) is 9.78 Å². The first-order valence-electron chi connectivity index (χ1n) is 4.00. The summed E-state index contributed by atoms with van der Waals surface area (Å²) in [7, 11) is 3.73. The van der Waals surface area contributed by atoms with E-state index in [4.69, 9.17) is 0 Å². The van der Waals surface area contributed by atoms with Gasteiger partial charge in [0.2, 0.25) is 5.78 Å². The number of hydrogen-bond donors (Lipinski definition) is 0. The quantitative estimate of drug-likeness (QED) is 0.514.